The molecule has 0 saturated heterocycles. The molecule has 0 fully saturated rings. The molecule has 0 spiro atoms. The van der Waals surface area contributed by atoms with Crippen molar-refractivity contribution in [3.05, 3.63) is 21.9 Å². The lowest BCUT2D eigenvalue weighted by molar-refractivity contribution is 1.40. The number of nitrogens with one attached hydrogen (secondary N) is 1. The maximum atomic E-state index is 8.42. The summed E-state index contributed by atoms with van der Waals surface area (Å²) < 4.78 is 0. The van der Waals surface area contributed by atoms with Crippen molar-refractivity contribution < 1.29 is 0 Å². The predicted molar refractivity (Wildman–Crippen MR) is 41.5 cm³/mol. The van der Waals surface area contributed by atoms with Crippen molar-refractivity contribution in [3.63, 3.8) is 0 Å². The predicted octanol–water partition coefficient (Wildman–Crippen LogP) is 1.81. The van der Waals surface area contributed by atoms with E-state index >= 15 is 0 Å². The van der Waals surface area contributed by atoms with E-state index in [1.54, 1.807) is 6.07 Å². The van der Waals surface area contributed by atoms with Crippen molar-refractivity contribution in [2.75, 3.05) is 0 Å². The molecule has 0 bridgehead atoms. The van der Waals surface area contributed by atoms with Crippen molar-refractivity contribution in [1.82, 2.24) is 0 Å². The molecule has 1 N–H and O–H groups in total. The summed E-state index contributed by atoms with van der Waals surface area (Å²) >= 11 is 1.45. The number of hydrogen-bond donors (Lipinski definition) is 1. The number of rotatable bonds is 2. The zero-order valence-electron chi connectivity index (χ0n) is 5.29. The lowest BCUT2D eigenvalue weighted by atomic mass is 10.3. The molecule has 0 saturated carbocycles. The minimum atomic E-state index is 0.645. The SMILES string of the molecule is N#Cc1ccc(CC=N)s1. The van der Waals surface area contributed by atoms with Crippen LogP contribution in [0.1, 0.15) is 9.75 Å². The fourth-order valence-corrected chi connectivity index (χ4v) is 1.42. The normalized spacial score (nSPS) is 8.70. The second kappa shape index (κ2) is 3.14. The molecule has 0 aliphatic rings. The minimum absolute atomic E-state index is 0.645. The van der Waals surface area contributed by atoms with Gasteiger partial charge in [0.2, 0.25) is 0 Å². The van der Waals surface area contributed by atoms with Gasteiger partial charge in [0.05, 0.1) is 0 Å². The molecule has 0 aliphatic heterocycles. The summed E-state index contributed by atoms with van der Waals surface area (Å²) in [5.41, 5.74) is 0. The van der Waals surface area contributed by atoms with Crippen LogP contribution in [-0.2, 0) is 6.42 Å². The van der Waals surface area contributed by atoms with E-state index in [2.05, 4.69) is 0 Å². The molecule has 10 heavy (non-hydrogen) atoms. The molecule has 0 radical (unpaired) electrons. The fraction of sp³-hybridized carbons (Fsp3) is 0.143. The zero-order chi connectivity index (χ0) is 7.40. The fourth-order valence-electron chi connectivity index (χ4n) is 0.648. The van der Waals surface area contributed by atoms with Crippen LogP contribution >= 0.6 is 11.3 Å². The highest BCUT2D eigenvalue weighted by Gasteiger charge is 1.95. The van der Waals surface area contributed by atoms with Crippen LogP contribution in [0.4, 0.5) is 0 Å². The second-order valence-electron chi connectivity index (χ2n) is 1.79. The molecule has 0 atom stereocenters. The van der Waals surface area contributed by atoms with E-state index in [0.717, 1.165) is 9.75 Å². The van der Waals surface area contributed by atoms with Gasteiger partial charge < -0.3 is 5.41 Å². The Labute approximate surface area is 63.2 Å². The Morgan fingerprint density at radius 3 is 3.00 bits per heavy atom. The highest BCUT2D eigenvalue weighted by atomic mass is 32.1. The first-order chi connectivity index (χ1) is 4.86. The van der Waals surface area contributed by atoms with E-state index in [9.17, 15) is 0 Å². The summed E-state index contributed by atoms with van der Waals surface area (Å²) in [5, 5.41) is 15.2. The van der Waals surface area contributed by atoms with Crippen LogP contribution in [0.2, 0.25) is 0 Å². The van der Waals surface area contributed by atoms with Gasteiger partial charge in [-0.3, -0.25) is 0 Å². The van der Waals surface area contributed by atoms with Gasteiger partial charge in [0.15, 0.2) is 0 Å². The monoisotopic (exact) mass is 150 g/mol. The van der Waals surface area contributed by atoms with Crippen LogP contribution in [-0.4, -0.2) is 6.21 Å². The molecule has 50 valence electrons. The van der Waals surface area contributed by atoms with Crippen molar-refractivity contribution in [3.8, 4) is 6.07 Å². The first kappa shape index (κ1) is 6.97. The van der Waals surface area contributed by atoms with Gasteiger partial charge in [-0.2, -0.15) is 5.26 Å². The largest absolute Gasteiger partial charge is 0.313 e. The van der Waals surface area contributed by atoms with Gasteiger partial charge >= 0.3 is 0 Å². The lowest BCUT2D eigenvalue weighted by Gasteiger charge is -1.81. The Balaban J connectivity index is 2.80. The summed E-state index contributed by atoms with van der Waals surface area (Å²) in [6.45, 7) is 0. The van der Waals surface area contributed by atoms with Crippen LogP contribution in [0.3, 0.4) is 0 Å². The third-order valence-corrected chi connectivity index (χ3v) is 2.09. The Bertz CT molecular complexity index is 269. The smallest absolute Gasteiger partial charge is 0.110 e. The minimum Gasteiger partial charge on any atom is -0.313 e. The average molecular weight is 150 g/mol. The molecule has 0 aliphatic carbocycles. The van der Waals surface area contributed by atoms with E-state index in [0.29, 0.717) is 6.42 Å². The molecule has 1 aromatic rings. The van der Waals surface area contributed by atoms with Crippen LogP contribution in [0.15, 0.2) is 12.1 Å². The van der Waals surface area contributed by atoms with Crippen LogP contribution in [0.25, 0.3) is 0 Å². The van der Waals surface area contributed by atoms with E-state index in [1.807, 2.05) is 12.1 Å². The Morgan fingerprint density at radius 2 is 2.50 bits per heavy atom. The lowest BCUT2D eigenvalue weighted by Crippen LogP contribution is -1.75. The third kappa shape index (κ3) is 1.42. The second-order valence-corrected chi connectivity index (χ2v) is 2.95. The molecular formula is C7H6N2S. The molecule has 1 aromatic heterocycles. The van der Waals surface area contributed by atoms with E-state index in [-0.39, 0.29) is 0 Å². The van der Waals surface area contributed by atoms with Gasteiger partial charge in [-0.1, -0.05) is 0 Å². The number of nitriles is 1. The van der Waals surface area contributed by atoms with Gasteiger partial charge in [-0.05, 0) is 12.1 Å². The van der Waals surface area contributed by atoms with Gasteiger partial charge in [0.1, 0.15) is 10.9 Å². The molecule has 0 aromatic carbocycles. The topological polar surface area (TPSA) is 47.6 Å². The van der Waals surface area contributed by atoms with Gasteiger partial charge in [0.25, 0.3) is 0 Å². The Morgan fingerprint density at radius 1 is 1.70 bits per heavy atom. The molecule has 0 unspecified atom stereocenters. The summed E-state index contributed by atoms with van der Waals surface area (Å²) in [7, 11) is 0. The number of nitrogens with zero attached hydrogens (tertiary/aromatic N) is 1. The van der Waals surface area contributed by atoms with E-state index in [1.165, 1.54) is 17.6 Å². The maximum Gasteiger partial charge on any atom is 0.110 e. The van der Waals surface area contributed by atoms with Crippen molar-refractivity contribution >= 4 is 17.6 Å². The van der Waals surface area contributed by atoms with Gasteiger partial charge in [-0.15, -0.1) is 11.3 Å². The van der Waals surface area contributed by atoms with Crippen LogP contribution in [0, 0.1) is 16.7 Å². The summed E-state index contributed by atoms with van der Waals surface area (Å²) in [5.74, 6) is 0. The first-order valence-electron chi connectivity index (χ1n) is 2.84. The maximum absolute atomic E-state index is 8.42. The summed E-state index contributed by atoms with van der Waals surface area (Å²) in [6, 6.07) is 5.71. The van der Waals surface area contributed by atoms with E-state index in [4.69, 9.17) is 10.7 Å². The molecular weight excluding hydrogens is 144 g/mol. The highest BCUT2D eigenvalue weighted by Crippen LogP contribution is 2.14. The highest BCUT2D eigenvalue weighted by molar-refractivity contribution is 7.12. The molecule has 2 nitrogen and oxygen atoms in total. The van der Waals surface area contributed by atoms with Crippen LogP contribution < -0.4 is 0 Å². The van der Waals surface area contributed by atoms with Crippen molar-refractivity contribution in [1.29, 1.82) is 10.7 Å². The standard InChI is InChI=1S/C7H6N2S/c8-4-3-6-1-2-7(5-9)10-6/h1-2,4,8H,3H2. The Kier molecular flexibility index (Phi) is 2.19. The van der Waals surface area contributed by atoms with Crippen molar-refractivity contribution in [2.24, 2.45) is 0 Å². The Hall–Kier alpha value is -1.14. The quantitative estimate of drug-likeness (QED) is 0.642. The third-order valence-electron chi connectivity index (χ3n) is 1.08. The van der Waals surface area contributed by atoms with Gasteiger partial charge in [0, 0.05) is 17.5 Å². The molecule has 1 heterocycles. The summed E-state index contributed by atoms with van der Waals surface area (Å²) in [6.07, 6.45) is 1.99. The summed E-state index contributed by atoms with van der Waals surface area (Å²) in [4.78, 5) is 1.79. The number of hydrogen-bond acceptors (Lipinski definition) is 3. The zero-order valence-corrected chi connectivity index (χ0v) is 6.11. The molecule has 0 amide bonds. The van der Waals surface area contributed by atoms with E-state index < -0.39 is 0 Å². The molecule has 3 heteroatoms. The van der Waals surface area contributed by atoms with Gasteiger partial charge in [-0.25, -0.2) is 0 Å². The average Bonchev–Trinajstić information content (AvgIpc) is 2.37. The van der Waals surface area contributed by atoms with Crippen LogP contribution in [0.5, 0.6) is 0 Å². The number of thiophene rings is 1. The first-order valence-corrected chi connectivity index (χ1v) is 3.66. The van der Waals surface area contributed by atoms with Crippen molar-refractivity contribution in [2.45, 2.75) is 6.42 Å². The molecule has 1 rings (SSSR count).